The Hall–Kier alpha value is -1.44. The highest BCUT2D eigenvalue weighted by atomic mass is 16.5. The summed E-state index contributed by atoms with van der Waals surface area (Å²) in [6, 6.07) is -0.554. The summed E-state index contributed by atoms with van der Waals surface area (Å²) in [7, 11) is 1.55. The van der Waals surface area contributed by atoms with E-state index in [1.165, 1.54) is 0 Å². The molecule has 0 aromatic carbocycles. The molecular formula is C12H21N5O2. The maximum absolute atomic E-state index is 12.0. The summed E-state index contributed by atoms with van der Waals surface area (Å²) in [5.41, 5.74) is 5.76. The predicted octanol–water partition coefficient (Wildman–Crippen LogP) is -0.972. The molecule has 0 bridgehead atoms. The summed E-state index contributed by atoms with van der Waals surface area (Å²) >= 11 is 0. The summed E-state index contributed by atoms with van der Waals surface area (Å²) in [6.45, 7) is 4.15. The number of methoxy groups -OCH3 is 1. The molecule has 1 aliphatic rings. The van der Waals surface area contributed by atoms with Gasteiger partial charge in [-0.05, 0) is 0 Å². The third-order valence-corrected chi connectivity index (χ3v) is 3.28. The number of aromatic amines is 1. The van der Waals surface area contributed by atoms with Crippen LogP contribution in [0.15, 0.2) is 12.4 Å². The quantitative estimate of drug-likeness (QED) is 0.716. The van der Waals surface area contributed by atoms with E-state index in [4.69, 9.17) is 10.5 Å². The Morgan fingerprint density at radius 2 is 2.26 bits per heavy atom. The number of aromatic nitrogens is 2. The van der Waals surface area contributed by atoms with Crippen molar-refractivity contribution in [3.8, 4) is 0 Å². The molecule has 0 saturated carbocycles. The van der Waals surface area contributed by atoms with E-state index in [1.807, 2.05) is 11.1 Å². The van der Waals surface area contributed by atoms with Gasteiger partial charge in [0.05, 0.1) is 13.2 Å². The molecule has 2 heterocycles. The number of nitrogens with zero attached hydrogens (tertiary/aromatic N) is 3. The summed E-state index contributed by atoms with van der Waals surface area (Å²) in [5, 5.41) is 0. The zero-order chi connectivity index (χ0) is 13.7. The van der Waals surface area contributed by atoms with E-state index in [0.29, 0.717) is 13.1 Å². The zero-order valence-electron chi connectivity index (χ0n) is 11.2. The molecule has 19 heavy (non-hydrogen) atoms. The number of amides is 1. The molecule has 1 fully saturated rings. The summed E-state index contributed by atoms with van der Waals surface area (Å²) < 4.78 is 4.91. The molecule has 0 radical (unpaired) electrons. The van der Waals surface area contributed by atoms with Crippen molar-refractivity contribution in [3.05, 3.63) is 18.2 Å². The molecule has 1 saturated heterocycles. The molecule has 1 unspecified atom stereocenters. The lowest BCUT2D eigenvalue weighted by Gasteiger charge is -2.35. The minimum atomic E-state index is -0.554. The number of hydrogen-bond donors (Lipinski definition) is 2. The first-order valence-corrected chi connectivity index (χ1v) is 6.44. The number of nitrogens with one attached hydrogen (secondary N) is 1. The van der Waals surface area contributed by atoms with Crippen LogP contribution in [0, 0.1) is 0 Å². The van der Waals surface area contributed by atoms with Gasteiger partial charge < -0.3 is 20.4 Å². The number of carbonyl (C=O) groups excluding carboxylic acids is 1. The Labute approximate surface area is 112 Å². The lowest BCUT2D eigenvalue weighted by Crippen LogP contribution is -2.53. The van der Waals surface area contributed by atoms with Crippen molar-refractivity contribution in [3.63, 3.8) is 0 Å². The second-order valence-electron chi connectivity index (χ2n) is 4.70. The van der Waals surface area contributed by atoms with Gasteiger partial charge in [0.15, 0.2) is 0 Å². The first-order chi connectivity index (χ1) is 9.20. The van der Waals surface area contributed by atoms with Gasteiger partial charge in [0.2, 0.25) is 5.91 Å². The number of nitrogens with two attached hydrogens (primary N) is 1. The van der Waals surface area contributed by atoms with Crippen LogP contribution in [0.4, 0.5) is 0 Å². The van der Waals surface area contributed by atoms with Gasteiger partial charge >= 0.3 is 0 Å². The molecule has 0 spiro atoms. The minimum Gasteiger partial charge on any atom is -0.383 e. The van der Waals surface area contributed by atoms with E-state index < -0.39 is 6.04 Å². The Kier molecular flexibility index (Phi) is 4.89. The van der Waals surface area contributed by atoms with Crippen molar-refractivity contribution in [1.29, 1.82) is 0 Å². The van der Waals surface area contributed by atoms with Gasteiger partial charge in [-0.2, -0.15) is 0 Å². The maximum atomic E-state index is 12.0. The molecule has 1 aromatic rings. The molecule has 1 amide bonds. The first kappa shape index (κ1) is 14.0. The Bertz CT molecular complexity index is 387. The van der Waals surface area contributed by atoms with Gasteiger partial charge in [0, 0.05) is 45.7 Å². The van der Waals surface area contributed by atoms with Gasteiger partial charge in [-0.1, -0.05) is 0 Å². The van der Waals surface area contributed by atoms with Gasteiger partial charge in [0.25, 0.3) is 0 Å². The summed E-state index contributed by atoms with van der Waals surface area (Å²) in [6.07, 6.45) is 3.57. The summed E-state index contributed by atoms with van der Waals surface area (Å²) in [5.74, 6) is 0.926. The Morgan fingerprint density at radius 3 is 2.84 bits per heavy atom. The molecule has 7 heteroatoms. The fraction of sp³-hybridized carbons (Fsp3) is 0.667. The monoisotopic (exact) mass is 267 g/mol. The van der Waals surface area contributed by atoms with Crippen molar-refractivity contribution >= 4 is 5.91 Å². The number of rotatable bonds is 5. The molecule has 2 rings (SSSR count). The standard InChI is InChI=1S/C12H21N5O2/c1-19-9-10(13)12(18)17-6-4-16(5-7-17)8-11-14-2-3-15-11/h2-3,10H,4-9,13H2,1H3,(H,14,15). The number of hydrogen-bond acceptors (Lipinski definition) is 5. The van der Waals surface area contributed by atoms with Crippen molar-refractivity contribution in [2.75, 3.05) is 39.9 Å². The zero-order valence-corrected chi connectivity index (χ0v) is 11.2. The largest absolute Gasteiger partial charge is 0.383 e. The van der Waals surface area contributed by atoms with E-state index in [9.17, 15) is 4.79 Å². The second kappa shape index (κ2) is 6.65. The second-order valence-corrected chi connectivity index (χ2v) is 4.70. The molecule has 7 nitrogen and oxygen atoms in total. The van der Waals surface area contributed by atoms with Crippen LogP contribution in [-0.2, 0) is 16.1 Å². The van der Waals surface area contributed by atoms with Gasteiger partial charge in [0.1, 0.15) is 11.9 Å². The van der Waals surface area contributed by atoms with E-state index in [1.54, 1.807) is 13.3 Å². The first-order valence-electron chi connectivity index (χ1n) is 6.44. The van der Waals surface area contributed by atoms with Crippen LogP contribution in [0.3, 0.4) is 0 Å². The van der Waals surface area contributed by atoms with Crippen LogP contribution in [-0.4, -0.2) is 71.6 Å². The fourth-order valence-corrected chi connectivity index (χ4v) is 2.21. The van der Waals surface area contributed by atoms with Crippen LogP contribution in [0.2, 0.25) is 0 Å². The van der Waals surface area contributed by atoms with Gasteiger partial charge in [-0.25, -0.2) is 4.98 Å². The van der Waals surface area contributed by atoms with Crippen LogP contribution in [0.1, 0.15) is 5.82 Å². The third kappa shape index (κ3) is 3.76. The van der Waals surface area contributed by atoms with Crippen molar-refractivity contribution < 1.29 is 9.53 Å². The SMILES string of the molecule is COCC(N)C(=O)N1CCN(Cc2ncc[nH]2)CC1. The van der Waals surface area contributed by atoms with E-state index in [2.05, 4.69) is 14.9 Å². The van der Waals surface area contributed by atoms with Gasteiger partial charge in [-0.15, -0.1) is 0 Å². The number of carbonyl (C=O) groups is 1. The lowest BCUT2D eigenvalue weighted by atomic mass is 10.2. The molecule has 1 aliphatic heterocycles. The third-order valence-electron chi connectivity index (χ3n) is 3.28. The molecule has 3 N–H and O–H groups in total. The molecule has 1 atom stereocenters. The van der Waals surface area contributed by atoms with Gasteiger partial charge in [-0.3, -0.25) is 9.69 Å². The maximum Gasteiger partial charge on any atom is 0.241 e. The molecule has 0 aliphatic carbocycles. The minimum absolute atomic E-state index is 0.0282. The van der Waals surface area contributed by atoms with E-state index in [-0.39, 0.29) is 12.5 Å². The average molecular weight is 267 g/mol. The fourth-order valence-electron chi connectivity index (χ4n) is 2.21. The van der Waals surface area contributed by atoms with Crippen LogP contribution < -0.4 is 5.73 Å². The number of H-pyrrole nitrogens is 1. The van der Waals surface area contributed by atoms with E-state index in [0.717, 1.165) is 25.5 Å². The molecular weight excluding hydrogens is 246 g/mol. The smallest absolute Gasteiger partial charge is 0.241 e. The van der Waals surface area contributed by atoms with E-state index >= 15 is 0 Å². The molecule has 106 valence electrons. The molecule has 1 aromatic heterocycles. The Morgan fingerprint density at radius 1 is 1.53 bits per heavy atom. The van der Waals surface area contributed by atoms with Crippen molar-refractivity contribution in [2.45, 2.75) is 12.6 Å². The predicted molar refractivity (Wildman–Crippen MR) is 70.3 cm³/mol. The topological polar surface area (TPSA) is 87.5 Å². The highest BCUT2D eigenvalue weighted by Crippen LogP contribution is 2.06. The van der Waals surface area contributed by atoms with Crippen LogP contribution >= 0.6 is 0 Å². The number of piperazine rings is 1. The highest BCUT2D eigenvalue weighted by molar-refractivity contribution is 5.81. The highest BCUT2D eigenvalue weighted by Gasteiger charge is 2.25. The summed E-state index contributed by atoms with van der Waals surface area (Å²) in [4.78, 5) is 23.4. The number of imidazole rings is 1. The normalized spacial score (nSPS) is 18.5. The van der Waals surface area contributed by atoms with Crippen LogP contribution in [0.25, 0.3) is 0 Å². The van der Waals surface area contributed by atoms with Crippen molar-refractivity contribution in [1.82, 2.24) is 19.8 Å². The van der Waals surface area contributed by atoms with Crippen LogP contribution in [0.5, 0.6) is 0 Å². The van der Waals surface area contributed by atoms with Crippen molar-refractivity contribution in [2.24, 2.45) is 5.73 Å². The Balaban J connectivity index is 1.77. The number of ether oxygens (including phenoxy) is 1. The lowest BCUT2D eigenvalue weighted by molar-refractivity contribution is -0.135. The average Bonchev–Trinajstić information content (AvgIpc) is 2.92.